The fourth-order valence-corrected chi connectivity index (χ4v) is 3.16. The molecule has 1 aromatic carbocycles. The van der Waals surface area contributed by atoms with Crippen LogP contribution < -0.4 is 0 Å². The maximum atomic E-state index is 4.73. The molecule has 3 aromatic rings. The van der Waals surface area contributed by atoms with E-state index in [-0.39, 0.29) is 0 Å². The van der Waals surface area contributed by atoms with Crippen molar-refractivity contribution in [1.82, 2.24) is 25.1 Å². The molecule has 1 fully saturated rings. The molecule has 1 atom stereocenters. The summed E-state index contributed by atoms with van der Waals surface area (Å²) in [7, 11) is 0. The zero-order valence-corrected chi connectivity index (χ0v) is 12.9. The van der Waals surface area contributed by atoms with Crippen LogP contribution in [0, 0.1) is 0 Å². The van der Waals surface area contributed by atoms with Crippen LogP contribution in [0.15, 0.2) is 54.7 Å². The molecule has 1 aliphatic rings. The van der Waals surface area contributed by atoms with Crippen molar-refractivity contribution in [3.8, 4) is 11.4 Å². The largest absolute Gasteiger partial charge is 0.288 e. The number of benzene rings is 1. The molecule has 0 saturated carbocycles. The van der Waals surface area contributed by atoms with Gasteiger partial charge in [-0.2, -0.15) is 5.10 Å². The molecule has 2 aromatic heterocycles. The number of likely N-dealkylation sites (tertiary alicyclic amines) is 1. The van der Waals surface area contributed by atoms with Crippen molar-refractivity contribution in [2.75, 3.05) is 6.54 Å². The standard InChI is InChI=1S/C18H19N5/c1-2-7-14(8-3-1)17-20-18(22-21-17)16-10-6-12-23(16)13-15-9-4-5-11-19-15/h1-5,7-9,11,16H,6,10,12-13H2,(H,20,21,22)/t16-/m0/s1. The summed E-state index contributed by atoms with van der Waals surface area (Å²) >= 11 is 0. The summed E-state index contributed by atoms with van der Waals surface area (Å²) in [6.45, 7) is 1.93. The van der Waals surface area contributed by atoms with Crippen LogP contribution in [0.2, 0.25) is 0 Å². The van der Waals surface area contributed by atoms with Gasteiger partial charge in [0.05, 0.1) is 11.7 Å². The first kappa shape index (κ1) is 14.1. The molecule has 1 aliphatic heterocycles. The van der Waals surface area contributed by atoms with E-state index in [4.69, 9.17) is 4.98 Å². The highest BCUT2D eigenvalue weighted by Crippen LogP contribution is 2.31. The van der Waals surface area contributed by atoms with Crippen LogP contribution in [0.3, 0.4) is 0 Å². The van der Waals surface area contributed by atoms with Crippen LogP contribution in [-0.2, 0) is 6.54 Å². The Morgan fingerprint density at radius 3 is 2.78 bits per heavy atom. The molecular formula is C18H19N5. The van der Waals surface area contributed by atoms with Gasteiger partial charge >= 0.3 is 0 Å². The van der Waals surface area contributed by atoms with Crippen LogP contribution in [0.1, 0.15) is 30.4 Å². The number of pyridine rings is 1. The zero-order valence-electron chi connectivity index (χ0n) is 12.9. The maximum absolute atomic E-state index is 4.73. The fraction of sp³-hybridized carbons (Fsp3) is 0.278. The first-order valence-electron chi connectivity index (χ1n) is 8.02. The molecule has 5 heteroatoms. The molecule has 0 unspecified atom stereocenters. The predicted octanol–water partition coefficient (Wildman–Crippen LogP) is 3.20. The first-order valence-corrected chi connectivity index (χ1v) is 8.02. The molecule has 116 valence electrons. The second-order valence-electron chi connectivity index (χ2n) is 5.86. The molecule has 5 nitrogen and oxygen atoms in total. The second kappa shape index (κ2) is 6.30. The molecule has 1 saturated heterocycles. The van der Waals surface area contributed by atoms with Gasteiger partial charge in [0.15, 0.2) is 5.82 Å². The number of aromatic amines is 1. The van der Waals surface area contributed by atoms with Gasteiger partial charge in [0.2, 0.25) is 0 Å². The second-order valence-corrected chi connectivity index (χ2v) is 5.86. The van der Waals surface area contributed by atoms with Gasteiger partial charge in [-0.05, 0) is 31.5 Å². The van der Waals surface area contributed by atoms with Gasteiger partial charge in [0.25, 0.3) is 0 Å². The minimum Gasteiger partial charge on any atom is -0.288 e. The Hall–Kier alpha value is -2.53. The van der Waals surface area contributed by atoms with E-state index in [1.54, 1.807) is 0 Å². The highest BCUT2D eigenvalue weighted by Gasteiger charge is 2.29. The lowest BCUT2D eigenvalue weighted by Gasteiger charge is -2.21. The van der Waals surface area contributed by atoms with E-state index in [1.807, 2.05) is 48.7 Å². The third-order valence-corrected chi connectivity index (χ3v) is 4.31. The number of nitrogens with zero attached hydrogens (tertiary/aromatic N) is 4. The lowest BCUT2D eigenvalue weighted by molar-refractivity contribution is 0.237. The zero-order chi connectivity index (χ0) is 15.5. The molecule has 0 aliphatic carbocycles. The number of hydrogen-bond acceptors (Lipinski definition) is 4. The fourth-order valence-electron chi connectivity index (χ4n) is 3.16. The van der Waals surface area contributed by atoms with Gasteiger partial charge in [-0.15, -0.1) is 0 Å². The number of H-pyrrole nitrogens is 1. The summed E-state index contributed by atoms with van der Waals surface area (Å²) in [4.78, 5) is 11.6. The smallest absolute Gasteiger partial charge is 0.181 e. The summed E-state index contributed by atoms with van der Waals surface area (Å²) in [6.07, 6.45) is 4.14. The van der Waals surface area contributed by atoms with E-state index in [1.165, 1.54) is 6.42 Å². The summed E-state index contributed by atoms with van der Waals surface area (Å²) in [5.74, 6) is 1.72. The molecule has 0 radical (unpaired) electrons. The van der Waals surface area contributed by atoms with Gasteiger partial charge in [0.1, 0.15) is 5.82 Å². The lowest BCUT2D eigenvalue weighted by Crippen LogP contribution is -2.24. The van der Waals surface area contributed by atoms with Gasteiger partial charge < -0.3 is 0 Å². The normalized spacial score (nSPS) is 18.3. The van der Waals surface area contributed by atoms with E-state index in [9.17, 15) is 0 Å². The first-order chi connectivity index (χ1) is 11.4. The molecular weight excluding hydrogens is 286 g/mol. The Bertz CT molecular complexity index is 753. The Balaban J connectivity index is 1.54. The van der Waals surface area contributed by atoms with Crippen molar-refractivity contribution in [3.63, 3.8) is 0 Å². The van der Waals surface area contributed by atoms with Crippen molar-refractivity contribution >= 4 is 0 Å². The van der Waals surface area contributed by atoms with E-state index >= 15 is 0 Å². The molecule has 0 amide bonds. The van der Waals surface area contributed by atoms with E-state index < -0.39 is 0 Å². The van der Waals surface area contributed by atoms with Crippen LogP contribution in [0.5, 0.6) is 0 Å². The number of hydrogen-bond donors (Lipinski definition) is 1. The van der Waals surface area contributed by atoms with Gasteiger partial charge in [0, 0.05) is 18.3 Å². The summed E-state index contributed by atoms with van der Waals surface area (Å²) < 4.78 is 0. The Morgan fingerprint density at radius 2 is 1.96 bits per heavy atom. The highest BCUT2D eigenvalue weighted by atomic mass is 15.3. The Morgan fingerprint density at radius 1 is 1.09 bits per heavy atom. The van der Waals surface area contributed by atoms with Crippen LogP contribution in [-0.4, -0.2) is 31.6 Å². The molecule has 4 rings (SSSR count). The van der Waals surface area contributed by atoms with E-state index in [2.05, 4.69) is 26.1 Å². The van der Waals surface area contributed by atoms with Crippen molar-refractivity contribution in [2.24, 2.45) is 0 Å². The van der Waals surface area contributed by atoms with E-state index in [0.717, 1.165) is 42.4 Å². The minimum absolute atomic E-state index is 0.293. The molecule has 0 spiro atoms. The van der Waals surface area contributed by atoms with E-state index in [0.29, 0.717) is 6.04 Å². The van der Waals surface area contributed by atoms with Crippen LogP contribution in [0.25, 0.3) is 11.4 Å². The predicted molar refractivity (Wildman–Crippen MR) is 88.4 cm³/mol. The van der Waals surface area contributed by atoms with Gasteiger partial charge in [-0.1, -0.05) is 36.4 Å². The minimum atomic E-state index is 0.293. The summed E-state index contributed by atoms with van der Waals surface area (Å²) in [6, 6.07) is 16.4. The monoisotopic (exact) mass is 305 g/mol. The highest BCUT2D eigenvalue weighted by molar-refractivity contribution is 5.53. The average Bonchev–Trinajstić information content (AvgIpc) is 3.25. The van der Waals surface area contributed by atoms with Crippen molar-refractivity contribution in [2.45, 2.75) is 25.4 Å². The number of nitrogens with one attached hydrogen (secondary N) is 1. The van der Waals surface area contributed by atoms with Crippen molar-refractivity contribution in [1.29, 1.82) is 0 Å². The molecule has 23 heavy (non-hydrogen) atoms. The Labute approximate surface area is 135 Å². The number of rotatable bonds is 4. The van der Waals surface area contributed by atoms with Crippen LogP contribution in [0.4, 0.5) is 0 Å². The number of aromatic nitrogens is 4. The Kier molecular flexibility index (Phi) is 3.86. The van der Waals surface area contributed by atoms with Crippen molar-refractivity contribution in [3.05, 3.63) is 66.2 Å². The third kappa shape index (κ3) is 3.00. The van der Waals surface area contributed by atoms with Crippen molar-refractivity contribution < 1.29 is 0 Å². The maximum Gasteiger partial charge on any atom is 0.181 e. The molecule has 0 bridgehead atoms. The molecule has 1 N–H and O–H groups in total. The average molecular weight is 305 g/mol. The van der Waals surface area contributed by atoms with Gasteiger partial charge in [-0.3, -0.25) is 15.0 Å². The van der Waals surface area contributed by atoms with Gasteiger partial charge in [-0.25, -0.2) is 4.98 Å². The van der Waals surface area contributed by atoms with Crippen LogP contribution >= 0.6 is 0 Å². The summed E-state index contributed by atoms with van der Waals surface area (Å²) in [5, 5.41) is 7.53. The summed E-state index contributed by atoms with van der Waals surface area (Å²) in [5.41, 5.74) is 2.14. The SMILES string of the molecule is c1ccc(-c2n[nH]c([C@@H]3CCCN3Cc3ccccn3)n2)cc1. The lowest BCUT2D eigenvalue weighted by atomic mass is 10.2. The quantitative estimate of drug-likeness (QED) is 0.804. The third-order valence-electron chi connectivity index (χ3n) is 4.31. The molecule has 3 heterocycles. The topological polar surface area (TPSA) is 57.7 Å².